The van der Waals surface area contributed by atoms with Gasteiger partial charge in [0.1, 0.15) is 5.82 Å². The summed E-state index contributed by atoms with van der Waals surface area (Å²) in [6.07, 6.45) is 1.85. The van der Waals surface area contributed by atoms with Crippen LogP contribution >= 0.6 is 0 Å². The van der Waals surface area contributed by atoms with E-state index in [4.69, 9.17) is 14.0 Å². The van der Waals surface area contributed by atoms with Gasteiger partial charge in [0.05, 0.1) is 30.0 Å². The molecule has 0 saturated carbocycles. The quantitative estimate of drug-likeness (QED) is 0.770. The molecular formula is C19H26BFN2O3. The highest BCUT2D eigenvalue weighted by Crippen LogP contribution is 2.36. The lowest BCUT2D eigenvalue weighted by molar-refractivity contribution is 0.00578. The third-order valence-corrected chi connectivity index (χ3v) is 5.28. The highest BCUT2D eigenvalue weighted by molar-refractivity contribution is 6.62. The smallest absolute Gasteiger partial charge is 0.399 e. The molecule has 2 heterocycles. The molecule has 1 fully saturated rings. The van der Waals surface area contributed by atoms with Gasteiger partial charge in [-0.25, -0.2) is 4.39 Å². The SMILES string of the molecule is COCCn1cc(-c2ccc(B3OC(C)(C)C(C)(C)O3)cc2F)c(C)n1. The van der Waals surface area contributed by atoms with Crippen LogP contribution in [0.4, 0.5) is 4.39 Å². The van der Waals surface area contributed by atoms with Crippen LogP contribution in [0.1, 0.15) is 33.4 Å². The molecule has 0 radical (unpaired) electrons. The van der Waals surface area contributed by atoms with Gasteiger partial charge in [-0.3, -0.25) is 4.68 Å². The first kappa shape index (κ1) is 19.1. The van der Waals surface area contributed by atoms with E-state index in [9.17, 15) is 4.39 Å². The number of nitrogens with zero attached hydrogens (tertiary/aromatic N) is 2. The Balaban J connectivity index is 1.86. The van der Waals surface area contributed by atoms with E-state index in [1.165, 1.54) is 6.07 Å². The Labute approximate surface area is 154 Å². The van der Waals surface area contributed by atoms with Gasteiger partial charge in [0.25, 0.3) is 0 Å². The fourth-order valence-corrected chi connectivity index (χ4v) is 2.96. The molecule has 1 aromatic carbocycles. The van der Waals surface area contributed by atoms with Crippen molar-refractivity contribution in [2.75, 3.05) is 13.7 Å². The number of hydrogen-bond donors (Lipinski definition) is 0. The molecule has 0 N–H and O–H groups in total. The van der Waals surface area contributed by atoms with E-state index in [0.29, 0.717) is 24.2 Å². The summed E-state index contributed by atoms with van der Waals surface area (Å²) >= 11 is 0. The van der Waals surface area contributed by atoms with E-state index >= 15 is 0 Å². The van der Waals surface area contributed by atoms with Crippen LogP contribution in [-0.2, 0) is 20.6 Å². The van der Waals surface area contributed by atoms with Crippen LogP contribution in [0.25, 0.3) is 11.1 Å². The van der Waals surface area contributed by atoms with E-state index in [2.05, 4.69) is 5.10 Å². The maximum Gasteiger partial charge on any atom is 0.494 e. The Bertz CT molecular complexity index is 788. The Hall–Kier alpha value is -1.70. The number of hydrogen-bond acceptors (Lipinski definition) is 4. The standard InChI is InChI=1S/C19H26BFN2O3/c1-13-16(12-23(22-13)9-10-24-6)15-8-7-14(11-17(15)21)20-25-18(2,3)19(4,5)26-20/h7-8,11-12H,9-10H2,1-6H3. The zero-order valence-corrected chi connectivity index (χ0v) is 16.3. The molecule has 0 unspecified atom stereocenters. The predicted molar refractivity (Wildman–Crippen MR) is 100.0 cm³/mol. The molecule has 1 saturated heterocycles. The number of aromatic nitrogens is 2. The average molecular weight is 360 g/mol. The second kappa shape index (κ2) is 6.80. The van der Waals surface area contributed by atoms with Crippen molar-refractivity contribution in [1.29, 1.82) is 0 Å². The van der Waals surface area contributed by atoms with Gasteiger partial charge in [0.15, 0.2) is 0 Å². The molecule has 5 nitrogen and oxygen atoms in total. The normalized spacial score (nSPS) is 18.5. The molecular weight excluding hydrogens is 334 g/mol. The van der Waals surface area contributed by atoms with Gasteiger partial charge in [-0.1, -0.05) is 12.1 Å². The lowest BCUT2D eigenvalue weighted by Gasteiger charge is -2.32. The second-order valence-corrected chi connectivity index (χ2v) is 7.71. The number of ether oxygens (including phenoxy) is 1. The molecule has 7 heteroatoms. The van der Waals surface area contributed by atoms with Crippen LogP contribution in [0.5, 0.6) is 0 Å². The third kappa shape index (κ3) is 3.43. The molecule has 140 valence electrons. The molecule has 26 heavy (non-hydrogen) atoms. The van der Waals surface area contributed by atoms with Crippen molar-refractivity contribution in [3.05, 3.63) is 35.9 Å². The average Bonchev–Trinajstić information content (AvgIpc) is 3.02. The summed E-state index contributed by atoms with van der Waals surface area (Å²) in [6.45, 7) is 11.0. The molecule has 0 bridgehead atoms. The van der Waals surface area contributed by atoms with Gasteiger partial charge in [0.2, 0.25) is 0 Å². The van der Waals surface area contributed by atoms with Gasteiger partial charge in [-0.2, -0.15) is 5.10 Å². The van der Waals surface area contributed by atoms with Crippen molar-refractivity contribution in [1.82, 2.24) is 9.78 Å². The van der Waals surface area contributed by atoms with Crippen LogP contribution in [0.2, 0.25) is 0 Å². The van der Waals surface area contributed by atoms with Crippen molar-refractivity contribution in [2.45, 2.75) is 52.4 Å². The number of rotatable bonds is 5. The predicted octanol–water partition coefficient (Wildman–Crippen LogP) is 2.94. The molecule has 2 aromatic rings. The minimum Gasteiger partial charge on any atom is -0.399 e. The van der Waals surface area contributed by atoms with Crippen molar-refractivity contribution < 1.29 is 18.4 Å². The zero-order valence-electron chi connectivity index (χ0n) is 16.3. The monoisotopic (exact) mass is 360 g/mol. The lowest BCUT2D eigenvalue weighted by atomic mass is 9.78. The topological polar surface area (TPSA) is 45.5 Å². The van der Waals surface area contributed by atoms with Crippen LogP contribution in [-0.4, -0.2) is 41.8 Å². The minimum atomic E-state index is -0.575. The number of halogens is 1. The first-order valence-corrected chi connectivity index (χ1v) is 8.83. The largest absolute Gasteiger partial charge is 0.494 e. The van der Waals surface area contributed by atoms with Gasteiger partial charge >= 0.3 is 7.12 Å². The molecule has 0 spiro atoms. The molecule has 1 aliphatic heterocycles. The number of methoxy groups -OCH3 is 1. The van der Waals surface area contributed by atoms with Crippen molar-refractivity contribution >= 4 is 12.6 Å². The first-order valence-electron chi connectivity index (χ1n) is 8.83. The Morgan fingerprint density at radius 1 is 1.15 bits per heavy atom. The van der Waals surface area contributed by atoms with Crippen LogP contribution < -0.4 is 5.46 Å². The van der Waals surface area contributed by atoms with Crippen molar-refractivity contribution in [3.63, 3.8) is 0 Å². The third-order valence-electron chi connectivity index (χ3n) is 5.28. The number of benzene rings is 1. The minimum absolute atomic E-state index is 0.313. The maximum absolute atomic E-state index is 14.8. The fraction of sp³-hybridized carbons (Fsp3) is 0.526. The van der Waals surface area contributed by atoms with Crippen molar-refractivity contribution in [2.24, 2.45) is 0 Å². The summed E-state index contributed by atoms with van der Waals surface area (Å²) in [6, 6.07) is 5.11. The van der Waals surface area contributed by atoms with E-state index in [0.717, 1.165) is 11.3 Å². The Morgan fingerprint density at radius 2 is 1.81 bits per heavy atom. The highest BCUT2D eigenvalue weighted by Gasteiger charge is 2.51. The van der Waals surface area contributed by atoms with Crippen LogP contribution in [0, 0.1) is 12.7 Å². The first-order chi connectivity index (χ1) is 12.1. The second-order valence-electron chi connectivity index (χ2n) is 7.71. The highest BCUT2D eigenvalue weighted by atomic mass is 19.1. The lowest BCUT2D eigenvalue weighted by Crippen LogP contribution is -2.41. The number of aryl methyl sites for hydroxylation is 1. The van der Waals surface area contributed by atoms with Gasteiger partial charge in [-0.05, 0) is 46.1 Å². The molecule has 0 atom stereocenters. The van der Waals surface area contributed by atoms with Crippen LogP contribution in [0.3, 0.4) is 0 Å². The van der Waals surface area contributed by atoms with E-state index in [1.54, 1.807) is 17.9 Å². The Morgan fingerprint density at radius 3 is 2.38 bits per heavy atom. The summed E-state index contributed by atoms with van der Waals surface area (Å²) in [7, 11) is 1.07. The summed E-state index contributed by atoms with van der Waals surface area (Å²) < 4.78 is 33.7. The molecule has 1 aliphatic rings. The van der Waals surface area contributed by atoms with E-state index in [1.807, 2.05) is 46.9 Å². The summed E-state index contributed by atoms with van der Waals surface area (Å²) in [4.78, 5) is 0. The van der Waals surface area contributed by atoms with E-state index < -0.39 is 18.3 Å². The molecule has 1 aromatic heterocycles. The summed E-state index contributed by atoms with van der Waals surface area (Å²) in [5.41, 5.74) is 1.85. The fourth-order valence-electron chi connectivity index (χ4n) is 2.96. The molecule has 0 amide bonds. The van der Waals surface area contributed by atoms with Gasteiger partial charge < -0.3 is 14.0 Å². The van der Waals surface area contributed by atoms with Gasteiger partial charge in [0, 0.05) is 24.4 Å². The molecule has 0 aliphatic carbocycles. The Kier molecular flexibility index (Phi) is 4.99. The van der Waals surface area contributed by atoms with E-state index in [-0.39, 0.29) is 5.82 Å². The van der Waals surface area contributed by atoms with Crippen LogP contribution in [0.15, 0.2) is 24.4 Å². The van der Waals surface area contributed by atoms with Crippen molar-refractivity contribution in [3.8, 4) is 11.1 Å². The molecule has 3 rings (SSSR count). The zero-order chi connectivity index (χ0) is 19.1. The maximum atomic E-state index is 14.8. The summed E-state index contributed by atoms with van der Waals surface area (Å²) in [5.74, 6) is -0.313. The van der Waals surface area contributed by atoms with Gasteiger partial charge in [-0.15, -0.1) is 0 Å². The summed E-state index contributed by atoms with van der Waals surface area (Å²) in [5, 5.41) is 4.42.